The molecule has 0 fully saturated rings. The quantitative estimate of drug-likeness (QED) is 0.570. The van der Waals surface area contributed by atoms with Gasteiger partial charge in [0.05, 0.1) is 12.9 Å². The molecule has 1 heterocycles. The van der Waals surface area contributed by atoms with E-state index < -0.39 is 0 Å². The highest BCUT2D eigenvalue weighted by molar-refractivity contribution is 7.80. The van der Waals surface area contributed by atoms with Crippen molar-refractivity contribution in [2.75, 3.05) is 12.9 Å². The zero-order valence-corrected chi connectivity index (χ0v) is 8.69. The van der Waals surface area contributed by atoms with Gasteiger partial charge in [-0.3, -0.25) is 0 Å². The molecule has 1 aromatic heterocycles. The number of methoxy groups -OCH3 is 1. The van der Waals surface area contributed by atoms with Crippen LogP contribution in [0.5, 0.6) is 5.88 Å². The van der Waals surface area contributed by atoms with Gasteiger partial charge >= 0.3 is 0 Å². The molecule has 0 saturated carbocycles. The summed E-state index contributed by atoms with van der Waals surface area (Å²) in [5, 5.41) is 0.466. The summed E-state index contributed by atoms with van der Waals surface area (Å²) in [6, 6.07) is 1.71. The lowest BCUT2D eigenvalue weighted by Crippen LogP contribution is -1.89. The fraction of sp³-hybridized carbons (Fsp3) is 0.222. The number of rotatable bonds is 1. The van der Waals surface area contributed by atoms with Crippen molar-refractivity contribution >= 4 is 24.2 Å². The van der Waals surface area contributed by atoms with Crippen LogP contribution >= 0.6 is 24.2 Å². The lowest BCUT2D eigenvalue weighted by Gasteiger charge is -2.00. The van der Waals surface area contributed by atoms with E-state index >= 15 is 0 Å². The zero-order valence-electron chi connectivity index (χ0n) is 7.04. The number of aromatic nitrogens is 1. The van der Waals surface area contributed by atoms with Crippen LogP contribution < -0.4 is 4.74 Å². The fourth-order valence-corrected chi connectivity index (χ4v) is 1.11. The summed E-state index contributed by atoms with van der Waals surface area (Å²) in [4.78, 5) is 3.97. The Balaban J connectivity index is 2.96. The molecule has 2 nitrogen and oxygen atoms in total. The van der Waals surface area contributed by atoms with Gasteiger partial charge in [0, 0.05) is 11.8 Å². The lowest BCUT2D eigenvalue weighted by molar-refractivity contribution is 0.398. The van der Waals surface area contributed by atoms with Crippen molar-refractivity contribution in [3.63, 3.8) is 0 Å². The van der Waals surface area contributed by atoms with Crippen LogP contribution in [0.15, 0.2) is 12.3 Å². The Morgan fingerprint density at radius 3 is 3.00 bits per heavy atom. The molecule has 0 aliphatic carbocycles. The van der Waals surface area contributed by atoms with Crippen molar-refractivity contribution in [1.82, 2.24) is 4.98 Å². The summed E-state index contributed by atoms with van der Waals surface area (Å²) in [6.45, 7) is 0. The second-order valence-corrected chi connectivity index (χ2v) is 2.90. The van der Waals surface area contributed by atoms with Crippen LogP contribution in [0.2, 0.25) is 5.02 Å². The maximum Gasteiger partial charge on any atom is 0.232 e. The number of nitrogens with zero attached hydrogens (tertiary/aromatic N) is 1. The van der Waals surface area contributed by atoms with Gasteiger partial charge in [-0.2, -0.15) is 12.6 Å². The Bertz CT molecular complexity index is 356. The monoisotopic (exact) mass is 213 g/mol. The molecular weight excluding hydrogens is 206 g/mol. The lowest BCUT2D eigenvalue weighted by atomic mass is 10.3. The number of hydrogen-bond acceptors (Lipinski definition) is 3. The Kier molecular flexibility index (Phi) is 3.94. The number of hydrogen-bond donors (Lipinski definition) is 1. The number of ether oxygens (including phenoxy) is 1. The van der Waals surface area contributed by atoms with Gasteiger partial charge in [0.2, 0.25) is 5.88 Å². The third-order valence-electron chi connectivity index (χ3n) is 1.31. The molecule has 0 bridgehead atoms. The molecule has 68 valence electrons. The van der Waals surface area contributed by atoms with Crippen LogP contribution in [-0.4, -0.2) is 17.8 Å². The molecular formula is C9H8ClNOS. The Morgan fingerprint density at radius 1 is 1.69 bits per heavy atom. The van der Waals surface area contributed by atoms with Gasteiger partial charge in [-0.15, -0.1) is 0 Å². The molecule has 1 rings (SSSR count). The molecule has 4 heteroatoms. The van der Waals surface area contributed by atoms with Crippen LogP contribution in [0.3, 0.4) is 0 Å². The van der Waals surface area contributed by atoms with E-state index in [9.17, 15) is 0 Å². The first-order valence-corrected chi connectivity index (χ1v) is 4.58. The molecule has 0 saturated heterocycles. The summed E-state index contributed by atoms with van der Waals surface area (Å²) >= 11 is 9.80. The molecule has 1 aromatic rings. The van der Waals surface area contributed by atoms with Gasteiger partial charge < -0.3 is 4.74 Å². The van der Waals surface area contributed by atoms with E-state index in [2.05, 4.69) is 29.5 Å². The molecule has 0 aliphatic heterocycles. The molecule has 13 heavy (non-hydrogen) atoms. The standard InChI is InChI=1S/C9H8ClNOS/c1-12-9-8(10)5-7(6-11-9)3-2-4-13/h5-6,13H,4H2,1H3. The first-order valence-electron chi connectivity index (χ1n) is 3.57. The van der Waals surface area contributed by atoms with Crippen LogP contribution in [0.4, 0.5) is 0 Å². The first kappa shape index (κ1) is 10.2. The minimum Gasteiger partial charge on any atom is -0.480 e. The van der Waals surface area contributed by atoms with E-state index in [0.29, 0.717) is 16.7 Å². The molecule has 0 spiro atoms. The summed E-state index contributed by atoms with van der Waals surface area (Å²) < 4.78 is 4.90. The SMILES string of the molecule is COc1ncc(C#CCS)cc1Cl. The second-order valence-electron chi connectivity index (χ2n) is 2.17. The normalized spacial score (nSPS) is 8.85. The maximum atomic E-state index is 5.83. The van der Waals surface area contributed by atoms with Crippen LogP contribution in [-0.2, 0) is 0 Å². The molecule has 0 aromatic carbocycles. The van der Waals surface area contributed by atoms with Gasteiger partial charge in [-0.1, -0.05) is 23.4 Å². The number of halogens is 1. The predicted octanol–water partition coefficient (Wildman–Crippen LogP) is 2.02. The van der Waals surface area contributed by atoms with Gasteiger partial charge in [-0.05, 0) is 6.07 Å². The summed E-state index contributed by atoms with van der Waals surface area (Å²) in [7, 11) is 1.52. The van der Waals surface area contributed by atoms with Gasteiger partial charge in [0.25, 0.3) is 0 Å². The van der Waals surface area contributed by atoms with Crippen LogP contribution in [0.1, 0.15) is 5.56 Å². The molecule has 0 unspecified atom stereocenters. The average Bonchev–Trinajstić information content (AvgIpc) is 2.15. The van der Waals surface area contributed by atoms with Gasteiger partial charge in [0.1, 0.15) is 5.02 Å². The van der Waals surface area contributed by atoms with Gasteiger partial charge in [0.15, 0.2) is 0 Å². The molecule has 0 radical (unpaired) electrons. The first-order chi connectivity index (χ1) is 6.27. The number of thiol groups is 1. The van der Waals surface area contributed by atoms with Crippen molar-refractivity contribution in [2.24, 2.45) is 0 Å². The summed E-state index contributed by atoms with van der Waals surface area (Å²) in [6.07, 6.45) is 1.61. The van der Waals surface area contributed by atoms with Crippen molar-refractivity contribution in [2.45, 2.75) is 0 Å². The van der Waals surface area contributed by atoms with Crippen molar-refractivity contribution in [3.8, 4) is 17.7 Å². The van der Waals surface area contributed by atoms with E-state index in [1.165, 1.54) is 7.11 Å². The van der Waals surface area contributed by atoms with Crippen molar-refractivity contribution in [3.05, 3.63) is 22.8 Å². The second kappa shape index (κ2) is 5.00. The van der Waals surface area contributed by atoms with E-state index in [4.69, 9.17) is 16.3 Å². The molecule has 0 atom stereocenters. The maximum absolute atomic E-state index is 5.83. The Labute approximate surface area is 87.7 Å². The highest BCUT2D eigenvalue weighted by Crippen LogP contribution is 2.21. The zero-order chi connectivity index (χ0) is 9.68. The van der Waals surface area contributed by atoms with Crippen LogP contribution in [0, 0.1) is 11.8 Å². The third kappa shape index (κ3) is 2.83. The minimum absolute atomic E-state index is 0.415. The predicted molar refractivity (Wildman–Crippen MR) is 56.5 cm³/mol. The largest absolute Gasteiger partial charge is 0.480 e. The van der Waals surface area contributed by atoms with Gasteiger partial charge in [-0.25, -0.2) is 4.98 Å². The molecule has 0 aliphatic rings. The number of pyridine rings is 1. The highest BCUT2D eigenvalue weighted by Gasteiger charge is 2.00. The summed E-state index contributed by atoms with van der Waals surface area (Å²) in [5.41, 5.74) is 0.764. The smallest absolute Gasteiger partial charge is 0.232 e. The molecule has 0 N–H and O–H groups in total. The average molecular weight is 214 g/mol. The van der Waals surface area contributed by atoms with E-state index in [1.54, 1.807) is 12.3 Å². The fourth-order valence-electron chi connectivity index (χ4n) is 0.786. The highest BCUT2D eigenvalue weighted by atomic mass is 35.5. The van der Waals surface area contributed by atoms with Crippen molar-refractivity contribution < 1.29 is 4.74 Å². The minimum atomic E-state index is 0.415. The third-order valence-corrected chi connectivity index (χ3v) is 1.74. The van der Waals surface area contributed by atoms with Crippen molar-refractivity contribution in [1.29, 1.82) is 0 Å². The van der Waals surface area contributed by atoms with E-state index in [-0.39, 0.29) is 0 Å². The topological polar surface area (TPSA) is 22.1 Å². The Morgan fingerprint density at radius 2 is 2.46 bits per heavy atom. The Hall–Kier alpha value is -0.850. The van der Waals surface area contributed by atoms with Crippen LogP contribution in [0.25, 0.3) is 0 Å². The van der Waals surface area contributed by atoms with E-state index in [0.717, 1.165) is 5.56 Å². The molecule has 0 amide bonds. The summed E-state index contributed by atoms with van der Waals surface area (Å²) in [5.74, 6) is 6.59. The van der Waals surface area contributed by atoms with E-state index in [1.807, 2.05) is 0 Å².